The predicted molar refractivity (Wildman–Crippen MR) is 125 cm³/mol. The number of hydrogen-bond acceptors (Lipinski definition) is 7. The summed E-state index contributed by atoms with van der Waals surface area (Å²) in [7, 11) is -0.233. The van der Waals surface area contributed by atoms with Gasteiger partial charge in [-0.1, -0.05) is 12.1 Å². The van der Waals surface area contributed by atoms with Crippen LogP contribution in [0, 0.1) is 0 Å². The SMILES string of the molecule is COc1cc(C(=O)NCC(=O)N2CCN(S(=O)(=O)c3ccccc3C(F)(F)F)CC2)cc(OC)c1OC. The van der Waals surface area contributed by atoms with Crippen molar-refractivity contribution >= 4 is 21.8 Å². The Balaban J connectivity index is 1.62. The molecule has 0 radical (unpaired) electrons. The van der Waals surface area contributed by atoms with Gasteiger partial charge in [0.2, 0.25) is 21.7 Å². The molecule has 2 aromatic rings. The fourth-order valence-corrected chi connectivity index (χ4v) is 5.46. The highest BCUT2D eigenvalue weighted by Gasteiger charge is 2.39. The topological polar surface area (TPSA) is 114 Å². The highest BCUT2D eigenvalue weighted by atomic mass is 32.2. The molecule has 1 heterocycles. The quantitative estimate of drug-likeness (QED) is 0.540. The molecule has 10 nitrogen and oxygen atoms in total. The molecule has 0 aromatic heterocycles. The number of rotatable bonds is 8. The average molecular weight is 546 g/mol. The van der Waals surface area contributed by atoms with E-state index in [-0.39, 0.29) is 49.8 Å². The largest absolute Gasteiger partial charge is 0.493 e. The number of methoxy groups -OCH3 is 3. The normalized spacial score (nSPS) is 14.7. The minimum Gasteiger partial charge on any atom is -0.493 e. The molecule has 1 aliphatic heterocycles. The minimum absolute atomic E-state index is 0.0493. The lowest BCUT2D eigenvalue weighted by atomic mass is 10.1. The van der Waals surface area contributed by atoms with E-state index < -0.39 is 38.5 Å². The highest BCUT2D eigenvalue weighted by molar-refractivity contribution is 7.89. The van der Waals surface area contributed by atoms with Gasteiger partial charge in [0, 0.05) is 31.7 Å². The van der Waals surface area contributed by atoms with Gasteiger partial charge in [-0.25, -0.2) is 8.42 Å². The Bertz CT molecular complexity index is 1240. The lowest BCUT2D eigenvalue weighted by Gasteiger charge is -2.34. The van der Waals surface area contributed by atoms with Gasteiger partial charge in [-0.05, 0) is 24.3 Å². The third kappa shape index (κ3) is 6.07. The maximum absolute atomic E-state index is 13.3. The van der Waals surface area contributed by atoms with Gasteiger partial charge in [-0.2, -0.15) is 17.5 Å². The molecule has 202 valence electrons. The molecule has 1 saturated heterocycles. The first kappa shape index (κ1) is 28.1. The van der Waals surface area contributed by atoms with Crippen LogP contribution in [0.25, 0.3) is 0 Å². The number of amides is 2. The van der Waals surface area contributed by atoms with Crippen molar-refractivity contribution < 1.29 is 45.4 Å². The van der Waals surface area contributed by atoms with Gasteiger partial charge >= 0.3 is 6.18 Å². The van der Waals surface area contributed by atoms with E-state index >= 15 is 0 Å². The molecule has 0 spiro atoms. The highest BCUT2D eigenvalue weighted by Crippen LogP contribution is 2.38. The van der Waals surface area contributed by atoms with Crippen molar-refractivity contribution in [3.63, 3.8) is 0 Å². The first-order valence-corrected chi connectivity index (χ1v) is 12.4. The van der Waals surface area contributed by atoms with Crippen LogP contribution in [-0.2, 0) is 21.0 Å². The number of alkyl halides is 3. The monoisotopic (exact) mass is 545 g/mol. The van der Waals surface area contributed by atoms with Gasteiger partial charge < -0.3 is 24.4 Å². The van der Waals surface area contributed by atoms with E-state index in [4.69, 9.17) is 14.2 Å². The summed E-state index contributed by atoms with van der Waals surface area (Å²) in [5.74, 6) is -0.264. The Morgan fingerprint density at radius 1 is 0.946 bits per heavy atom. The number of piperazine rings is 1. The molecule has 0 saturated carbocycles. The lowest BCUT2D eigenvalue weighted by molar-refractivity contribution is -0.139. The minimum atomic E-state index is -4.84. The molecule has 0 bridgehead atoms. The van der Waals surface area contributed by atoms with Gasteiger partial charge in [0.15, 0.2) is 11.5 Å². The third-order valence-electron chi connectivity index (χ3n) is 5.73. The van der Waals surface area contributed by atoms with Gasteiger partial charge in [0.25, 0.3) is 5.91 Å². The van der Waals surface area contributed by atoms with E-state index in [1.165, 1.54) is 44.4 Å². The van der Waals surface area contributed by atoms with E-state index in [0.29, 0.717) is 11.8 Å². The van der Waals surface area contributed by atoms with E-state index in [2.05, 4.69) is 5.32 Å². The van der Waals surface area contributed by atoms with Crippen molar-refractivity contribution in [2.24, 2.45) is 0 Å². The van der Waals surface area contributed by atoms with Crippen molar-refractivity contribution in [1.29, 1.82) is 0 Å². The zero-order valence-electron chi connectivity index (χ0n) is 20.3. The van der Waals surface area contributed by atoms with E-state index in [9.17, 15) is 31.2 Å². The second-order valence-electron chi connectivity index (χ2n) is 7.88. The Kier molecular flexibility index (Phi) is 8.53. The van der Waals surface area contributed by atoms with Gasteiger partial charge in [-0.3, -0.25) is 9.59 Å². The summed E-state index contributed by atoms with van der Waals surface area (Å²) < 4.78 is 82.3. The number of carbonyl (C=O) groups is 2. The van der Waals surface area contributed by atoms with Crippen LogP contribution in [0.2, 0.25) is 0 Å². The Morgan fingerprint density at radius 3 is 2.03 bits per heavy atom. The Hall–Kier alpha value is -3.52. The first-order chi connectivity index (χ1) is 17.4. The Labute approximate surface area is 211 Å². The van der Waals surface area contributed by atoms with E-state index in [0.717, 1.165) is 16.4 Å². The number of nitrogens with one attached hydrogen (secondary N) is 1. The van der Waals surface area contributed by atoms with Crippen molar-refractivity contribution in [1.82, 2.24) is 14.5 Å². The van der Waals surface area contributed by atoms with Crippen LogP contribution in [0.3, 0.4) is 0 Å². The standard InChI is InChI=1S/C23H26F3N3O7S/c1-34-17-12-15(13-18(35-2)21(17)36-3)22(31)27-14-20(30)28-8-10-29(11-9-28)37(32,33)19-7-5-4-6-16(19)23(24,25)26/h4-7,12-13H,8-11,14H2,1-3H3,(H,27,31). The smallest absolute Gasteiger partial charge is 0.417 e. The summed E-state index contributed by atoms with van der Waals surface area (Å²) in [5, 5.41) is 2.49. The maximum Gasteiger partial charge on any atom is 0.417 e. The third-order valence-corrected chi connectivity index (χ3v) is 7.69. The summed E-state index contributed by atoms with van der Waals surface area (Å²) in [6, 6.07) is 6.80. The number of sulfonamides is 1. The molecule has 0 unspecified atom stereocenters. The average Bonchev–Trinajstić information content (AvgIpc) is 2.90. The van der Waals surface area contributed by atoms with Crippen LogP contribution >= 0.6 is 0 Å². The molecule has 0 atom stereocenters. The van der Waals surface area contributed by atoms with Gasteiger partial charge in [0.05, 0.1) is 38.3 Å². The van der Waals surface area contributed by atoms with Crippen molar-refractivity contribution in [2.75, 3.05) is 54.1 Å². The molecular weight excluding hydrogens is 519 g/mol. The van der Waals surface area contributed by atoms with Crippen LogP contribution in [0.5, 0.6) is 17.2 Å². The van der Waals surface area contributed by atoms with E-state index in [1.807, 2.05) is 0 Å². The number of halogens is 3. The fourth-order valence-electron chi connectivity index (χ4n) is 3.82. The molecule has 1 fully saturated rings. The molecule has 0 aliphatic carbocycles. The number of ether oxygens (including phenoxy) is 3. The van der Waals surface area contributed by atoms with Gasteiger partial charge in [0.1, 0.15) is 0 Å². The molecular formula is C23H26F3N3O7S. The summed E-state index contributed by atoms with van der Waals surface area (Å²) >= 11 is 0. The second-order valence-corrected chi connectivity index (χ2v) is 9.78. The molecule has 2 aromatic carbocycles. The zero-order valence-corrected chi connectivity index (χ0v) is 21.1. The molecule has 2 amide bonds. The molecule has 1 aliphatic rings. The maximum atomic E-state index is 13.3. The van der Waals surface area contributed by atoms with Crippen LogP contribution < -0.4 is 19.5 Å². The van der Waals surface area contributed by atoms with Crippen molar-refractivity contribution in [2.45, 2.75) is 11.1 Å². The number of carbonyl (C=O) groups excluding carboxylic acids is 2. The van der Waals surface area contributed by atoms with Crippen LogP contribution in [-0.4, -0.2) is 83.5 Å². The van der Waals surface area contributed by atoms with Crippen molar-refractivity contribution in [3.05, 3.63) is 47.5 Å². The molecule has 3 rings (SSSR count). The number of benzene rings is 2. The molecule has 1 N–H and O–H groups in total. The summed E-state index contributed by atoms with van der Waals surface area (Å²) in [4.78, 5) is 25.7. The summed E-state index contributed by atoms with van der Waals surface area (Å²) in [6.45, 7) is -0.861. The summed E-state index contributed by atoms with van der Waals surface area (Å²) in [5.41, 5.74) is -1.09. The Morgan fingerprint density at radius 2 is 1.51 bits per heavy atom. The second kappa shape index (κ2) is 11.3. The first-order valence-electron chi connectivity index (χ1n) is 11.0. The number of nitrogens with zero attached hydrogens (tertiary/aromatic N) is 2. The lowest BCUT2D eigenvalue weighted by Crippen LogP contribution is -2.52. The van der Waals surface area contributed by atoms with Crippen LogP contribution in [0.1, 0.15) is 15.9 Å². The van der Waals surface area contributed by atoms with Crippen LogP contribution in [0.15, 0.2) is 41.3 Å². The number of hydrogen-bond donors (Lipinski definition) is 1. The fraction of sp³-hybridized carbons (Fsp3) is 0.391. The summed E-state index contributed by atoms with van der Waals surface area (Å²) in [6.07, 6.45) is -4.84. The molecule has 37 heavy (non-hydrogen) atoms. The zero-order chi connectivity index (χ0) is 27.4. The predicted octanol–water partition coefficient (Wildman–Crippen LogP) is 1.99. The van der Waals surface area contributed by atoms with E-state index in [1.54, 1.807) is 0 Å². The van der Waals surface area contributed by atoms with Crippen LogP contribution in [0.4, 0.5) is 13.2 Å². The molecule has 14 heteroatoms. The van der Waals surface area contributed by atoms with Gasteiger partial charge in [-0.15, -0.1) is 0 Å². The van der Waals surface area contributed by atoms with Crippen molar-refractivity contribution in [3.8, 4) is 17.2 Å².